The molecule has 180 valence electrons. The second-order valence-corrected chi connectivity index (χ2v) is 9.09. The Bertz CT molecular complexity index is 1410. The first-order valence-electron chi connectivity index (χ1n) is 10.9. The van der Waals surface area contributed by atoms with Crippen LogP contribution in [0.3, 0.4) is 0 Å². The molecule has 0 atom stereocenters. The third-order valence-electron chi connectivity index (χ3n) is 5.93. The first kappa shape index (κ1) is 23.0. The van der Waals surface area contributed by atoms with Crippen molar-refractivity contribution in [3.63, 3.8) is 0 Å². The van der Waals surface area contributed by atoms with E-state index >= 15 is 0 Å². The molecule has 0 saturated carbocycles. The zero-order valence-corrected chi connectivity index (χ0v) is 19.3. The minimum Gasteiger partial charge on any atom is -0.502 e. The second kappa shape index (κ2) is 9.46. The van der Waals surface area contributed by atoms with Crippen LogP contribution in [0.2, 0.25) is 0 Å². The van der Waals surface area contributed by atoms with Gasteiger partial charge < -0.3 is 20.2 Å². The Morgan fingerprint density at radius 2 is 1.97 bits per heavy atom. The van der Waals surface area contributed by atoms with Crippen LogP contribution in [0, 0.1) is 11.6 Å². The summed E-state index contributed by atoms with van der Waals surface area (Å²) in [6.45, 7) is 0.452. The van der Waals surface area contributed by atoms with Gasteiger partial charge in [-0.25, -0.2) is 8.78 Å². The zero-order chi connectivity index (χ0) is 24.5. The van der Waals surface area contributed by atoms with Crippen LogP contribution < -0.4 is 15.6 Å². The Balaban J connectivity index is 1.28. The summed E-state index contributed by atoms with van der Waals surface area (Å²) < 4.78 is 36.0. The van der Waals surface area contributed by atoms with E-state index in [1.165, 1.54) is 33.6 Å². The van der Waals surface area contributed by atoms with E-state index < -0.39 is 28.7 Å². The fourth-order valence-electron chi connectivity index (χ4n) is 4.10. The lowest BCUT2D eigenvalue weighted by molar-refractivity contribution is 0.0741. The van der Waals surface area contributed by atoms with Crippen molar-refractivity contribution in [3.05, 3.63) is 99.0 Å². The van der Waals surface area contributed by atoms with Crippen molar-refractivity contribution in [2.24, 2.45) is 0 Å². The van der Waals surface area contributed by atoms with E-state index in [1.54, 1.807) is 12.2 Å². The van der Waals surface area contributed by atoms with Crippen molar-refractivity contribution in [1.82, 2.24) is 9.58 Å². The van der Waals surface area contributed by atoms with Gasteiger partial charge >= 0.3 is 0 Å². The number of amides is 1. The molecule has 0 unspecified atom stereocenters. The highest BCUT2D eigenvalue weighted by Crippen LogP contribution is 2.39. The molecule has 2 aliphatic rings. The molecule has 7 nitrogen and oxygen atoms in total. The molecule has 0 aliphatic carbocycles. The summed E-state index contributed by atoms with van der Waals surface area (Å²) in [5.74, 6) is -2.30. The third-order valence-corrected chi connectivity index (χ3v) is 7.07. The quantitative estimate of drug-likeness (QED) is 0.524. The van der Waals surface area contributed by atoms with Gasteiger partial charge in [-0.1, -0.05) is 24.3 Å². The van der Waals surface area contributed by atoms with Crippen LogP contribution in [0.25, 0.3) is 0 Å². The molecule has 0 spiro atoms. The summed E-state index contributed by atoms with van der Waals surface area (Å²) in [6, 6.07) is 10.0. The van der Waals surface area contributed by atoms with Gasteiger partial charge in [-0.3, -0.25) is 14.3 Å². The SMILES string of the molecule is O=C1c2c(O)c(=O)ccn2NCN1C/C=C\COc1cc(F)c(F)c2c1Cc1ccccc1SC2. The topological polar surface area (TPSA) is 83.8 Å². The minimum atomic E-state index is -0.951. The number of ether oxygens (including phenoxy) is 1. The molecule has 10 heteroatoms. The molecule has 2 aliphatic heterocycles. The summed E-state index contributed by atoms with van der Waals surface area (Å²) in [6.07, 6.45) is 5.19. The number of pyridine rings is 1. The number of halogens is 2. The fourth-order valence-corrected chi connectivity index (χ4v) is 5.20. The average molecular weight is 498 g/mol. The molecule has 35 heavy (non-hydrogen) atoms. The van der Waals surface area contributed by atoms with E-state index in [-0.39, 0.29) is 31.3 Å². The first-order chi connectivity index (χ1) is 16.9. The first-order valence-corrected chi connectivity index (χ1v) is 11.9. The van der Waals surface area contributed by atoms with Crippen LogP contribution in [0.5, 0.6) is 11.5 Å². The van der Waals surface area contributed by atoms with E-state index in [0.29, 0.717) is 23.3 Å². The molecule has 0 saturated heterocycles. The smallest absolute Gasteiger partial charge is 0.278 e. The fraction of sp³-hybridized carbons (Fsp3) is 0.200. The van der Waals surface area contributed by atoms with Gasteiger partial charge in [-0.15, -0.1) is 11.8 Å². The number of hydrogen-bond acceptors (Lipinski definition) is 6. The number of nitrogens with one attached hydrogen (secondary N) is 1. The minimum absolute atomic E-state index is 0.0864. The molecule has 3 aromatic rings. The zero-order valence-electron chi connectivity index (χ0n) is 18.5. The Kier molecular flexibility index (Phi) is 6.21. The second-order valence-electron chi connectivity index (χ2n) is 8.07. The molecular weight excluding hydrogens is 476 g/mol. The van der Waals surface area contributed by atoms with Crippen LogP contribution in [-0.4, -0.2) is 40.4 Å². The lowest BCUT2D eigenvalue weighted by atomic mass is 9.99. The van der Waals surface area contributed by atoms with Crippen molar-refractivity contribution in [2.45, 2.75) is 17.1 Å². The molecule has 0 bridgehead atoms. The monoisotopic (exact) mass is 497 g/mol. The van der Waals surface area contributed by atoms with Crippen molar-refractivity contribution in [1.29, 1.82) is 0 Å². The molecule has 2 N–H and O–H groups in total. The van der Waals surface area contributed by atoms with E-state index in [1.807, 2.05) is 24.3 Å². The largest absolute Gasteiger partial charge is 0.502 e. The Hall–Kier alpha value is -3.79. The number of carbonyl (C=O) groups excluding carboxylic acids is 1. The summed E-state index contributed by atoms with van der Waals surface area (Å²) in [5, 5.41) is 9.97. The van der Waals surface area contributed by atoms with Crippen LogP contribution in [0.1, 0.15) is 27.2 Å². The predicted molar refractivity (Wildman–Crippen MR) is 127 cm³/mol. The number of hydrogen-bond donors (Lipinski definition) is 2. The molecule has 2 aromatic carbocycles. The average Bonchev–Trinajstić information content (AvgIpc) is 3.05. The Morgan fingerprint density at radius 1 is 1.14 bits per heavy atom. The number of thioether (sulfide) groups is 1. The number of aromatic nitrogens is 1. The molecule has 1 aromatic heterocycles. The van der Waals surface area contributed by atoms with Gasteiger partial charge in [0, 0.05) is 53.1 Å². The van der Waals surface area contributed by atoms with E-state index in [2.05, 4.69) is 5.43 Å². The Morgan fingerprint density at radius 3 is 2.83 bits per heavy atom. The van der Waals surface area contributed by atoms with E-state index in [9.17, 15) is 23.5 Å². The molecule has 1 amide bonds. The van der Waals surface area contributed by atoms with E-state index in [4.69, 9.17) is 4.74 Å². The summed E-state index contributed by atoms with van der Waals surface area (Å²) in [7, 11) is 0. The highest BCUT2D eigenvalue weighted by Gasteiger charge is 2.27. The van der Waals surface area contributed by atoms with Crippen LogP contribution in [0.4, 0.5) is 8.78 Å². The maximum Gasteiger partial charge on any atom is 0.278 e. The van der Waals surface area contributed by atoms with Gasteiger partial charge in [-0.05, 0) is 17.7 Å². The highest BCUT2D eigenvalue weighted by atomic mass is 32.2. The van der Waals surface area contributed by atoms with Crippen LogP contribution in [-0.2, 0) is 12.2 Å². The lowest BCUT2D eigenvalue weighted by Gasteiger charge is -2.30. The van der Waals surface area contributed by atoms with Gasteiger partial charge in [0.2, 0.25) is 5.43 Å². The lowest BCUT2D eigenvalue weighted by Crippen LogP contribution is -2.46. The maximum absolute atomic E-state index is 14.6. The normalized spacial score (nSPS) is 14.7. The van der Waals surface area contributed by atoms with Crippen LogP contribution >= 0.6 is 11.8 Å². The standard InChI is InChI=1S/C25H21F2N3O4S/c26-18-12-20(16-11-15-5-1-2-6-21(15)35-13-17(16)22(18)27)34-10-4-3-8-29-14-28-30-9-7-19(31)24(32)23(30)25(29)33/h1-7,9,12,28,32H,8,10-11,13-14H2/b4-3-. The van der Waals surface area contributed by atoms with Gasteiger partial charge in [0.25, 0.3) is 5.91 Å². The van der Waals surface area contributed by atoms with Gasteiger partial charge in [0.15, 0.2) is 23.1 Å². The summed E-state index contributed by atoms with van der Waals surface area (Å²) in [4.78, 5) is 26.8. The Labute approximate surface area is 203 Å². The van der Waals surface area contributed by atoms with Crippen molar-refractivity contribution >= 4 is 17.7 Å². The number of carbonyl (C=O) groups is 1. The molecular formula is C25H21F2N3O4S. The number of benzene rings is 2. The van der Waals surface area contributed by atoms with Crippen molar-refractivity contribution in [2.75, 3.05) is 25.2 Å². The molecule has 5 rings (SSSR count). The highest BCUT2D eigenvalue weighted by molar-refractivity contribution is 7.98. The number of fused-ring (bicyclic) bond motifs is 3. The maximum atomic E-state index is 14.6. The number of aromatic hydroxyl groups is 1. The van der Waals surface area contributed by atoms with Gasteiger partial charge in [-0.2, -0.15) is 0 Å². The third kappa shape index (κ3) is 4.37. The molecule has 0 fully saturated rings. The van der Waals surface area contributed by atoms with Gasteiger partial charge in [0.05, 0.1) is 0 Å². The number of rotatable bonds is 5. The number of nitrogens with zero attached hydrogens (tertiary/aromatic N) is 2. The van der Waals surface area contributed by atoms with E-state index in [0.717, 1.165) is 16.5 Å². The molecule has 0 radical (unpaired) electrons. The van der Waals surface area contributed by atoms with Crippen molar-refractivity contribution in [3.8, 4) is 11.5 Å². The summed E-state index contributed by atoms with van der Waals surface area (Å²) in [5.41, 5.74) is 4.12. The van der Waals surface area contributed by atoms with Gasteiger partial charge in [0.1, 0.15) is 19.0 Å². The molecule has 3 heterocycles. The van der Waals surface area contributed by atoms with Crippen LogP contribution in [0.15, 0.2) is 64.4 Å². The van der Waals surface area contributed by atoms with Crippen molar-refractivity contribution < 1.29 is 23.4 Å². The predicted octanol–water partition coefficient (Wildman–Crippen LogP) is 3.62. The summed E-state index contributed by atoms with van der Waals surface area (Å²) >= 11 is 1.47.